The summed E-state index contributed by atoms with van der Waals surface area (Å²) in [6.45, 7) is 0.276. The first kappa shape index (κ1) is 9.83. The van der Waals surface area contributed by atoms with Gasteiger partial charge in [-0.15, -0.1) is 0 Å². The molecule has 1 heterocycles. The van der Waals surface area contributed by atoms with Crippen LogP contribution in [-0.2, 0) is 9.59 Å². The fourth-order valence-electron chi connectivity index (χ4n) is 1.64. The molecule has 0 atom stereocenters. The average molecular weight is 207 g/mol. The van der Waals surface area contributed by atoms with Crippen LogP contribution in [0.5, 0.6) is 0 Å². The Bertz CT molecular complexity index is 417. The van der Waals surface area contributed by atoms with Crippen molar-refractivity contribution in [1.82, 2.24) is 0 Å². The van der Waals surface area contributed by atoms with Gasteiger partial charge in [0.2, 0.25) is 5.91 Å². The lowest BCUT2D eigenvalue weighted by atomic mass is 10.1. The Morgan fingerprint density at radius 3 is 2.60 bits per heavy atom. The van der Waals surface area contributed by atoms with E-state index in [0.29, 0.717) is 6.42 Å². The van der Waals surface area contributed by atoms with E-state index in [-0.39, 0.29) is 30.3 Å². The van der Waals surface area contributed by atoms with E-state index in [2.05, 4.69) is 0 Å². The molecule has 1 aliphatic heterocycles. The van der Waals surface area contributed by atoms with Gasteiger partial charge in [0.25, 0.3) is 0 Å². The Morgan fingerprint density at radius 2 is 1.93 bits per heavy atom. The Hall–Kier alpha value is -1.71. The second kappa shape index (κ2) is 3.81. The predicted octanol–water partition coefficient (Wildman–Crippen LogP) is 1.52. The van der Waals surface area contributed by atoms with Gasteiger partial charge in [-0.05, 0) is 12.1 Å². The number of carbonyl (C=O) groups is 2. The van der Waals surface area contributed by atoms with E-state index in [0.717, 1.165) is 0 Å². The number of benzene rings is 1. The number of hydrogen-bond acceptors (Lipinski definition) is 2. The van der Waals surface area contributed by atoms with Crippen LogP contribution in [0.25, 0.3) is 0 Å². The molecule has 15 heavy (non-hydrogen) atoms. The number of hydrogen-bond donors (Lipinski definition) is 0. The van der Waals surface area contributed by atoms with E-state index in [1.54, 1.807) is 18.2 Å². The van der Waals surface area contributed by atoms with Crippen molar-refractivity contribution in [1.29, 1.82) is 0 Å². The zero-order valence-corrected chi connectivity index (χ0v) is 8.07. The van der Waals surface area contributed by atoms with Crippen molar-refractivity contribution in [2.24, 2.45) is 0 Å². The monoisotopic (exact) mass is 207 g/mol. The number of anilines is 1. The molecule has 0 saturated carbocycles. The van der Waals surface area contributed by atoms with Gasteiger partial charge in [-0.25, -0.2) is 4.39 Å². The van der Waals surface area contributed by atoms with E-state index in [1.807, 2.05) is 0 Å². The van der Waals surface area contributed by atoms with Gasteiger partial charge in [0.15, 0.2) is 0 Å². The largest absolute Gasteiger partial charge is 0.309 e. The lowest BCUT2D eigenvalue weighted by Crippen LogP contribution is -2.39. The van der Waals surface area contributed by atoms with Crippen LogP contribution in [0.2, 0.25) is 0 Å². The van der Waals surface area contributed by atoms with Crippen molar-refractivity contribution in [3.05, 3.63) is 30.1 Å². The van der Waals surface area contributed by atoms with Crippen LogP contribution in [0.3, 0.4) is 0 Å². The molecule has 1 saturated heterocycles. The fourth-order valence-corrected chi connectivity index (χ4v) is 1.64. The minimum absolute atomic E-state index is 0.0763. The molecule has 1 aromatic carbocycles. The van der Waals surface area contributed by atoms with Gasteiger partial charge in [0.05, 0.1) is 12.1 Å². The lowest BCUT2D eigenvalue weighted by molar-refractivity contribution is -0.128. The first-order valence-electron chi connectivity index (χ1n) is 4.75. The summed E-state index contributed by atoms with van der Waals surface area (Å²) in [6, 6.07) is 6.09. The van der Waals surface area contributed by atoms with Crippen LogP contribution in [0.15, 0.2) is 24.3 Å². The normalized spacial score (nSPS) is 17.0. The van der Waals surface area contributed by atoms with Gasteiger partial charge in [-0.2, -0.15) is 0 Å². The average Bonchev–Trinajstić information content (AvgIpc) is 2.20. The number of Topliss-reactive ketones (excluding diaryl/α,β-unsaturated/α-hetero) is 1. The van der Waals surface area contributed by atoms with Crippen LogP contribution >= 0.6 is 0 Å². The smallest absolute Gasteiger partial charge is 0.234 e. The summed E-state index contributed by atoms with van der Waals surface area (Å²) in [5.74, 6) is -0.830. The molecule has 1 aromatic rings. The highest BCUT2D eigenvalue weighted by atomic mass is 19.1. The molecule has 3 nitrogen and oxygen atoms in total. The minimum atomic E-state index is -0.430. The third-order valence-electron chi connectivity index (χ3n) is 2.41. The summed E-state index contributed by atoms with van der Waals surface area (Å²) in [5, 5.41) is 0. The highest BCUT2D eigenvalue weighted by molar-refractivity contribution is 6.08. The molecular formula is C11H10FNO2. The lowest BCUT2D eigenvalue weighted by Gasteiger charge is -2.26. The van der Waals surface area contributed by atoms with Crippen molar-refractivity contribution in [2.75, 3.05) is 11.4 Å². The third kappa shape index (κ3) is 1.88. The van der Waals surface area contributed by atoms with Crippen molar-refractivity contribution in [3.8, 4) is 0 Å². The molecule has 2 rings (SSSR count). The molecule has 1 amide bonds. The summed E-state index contributed by atoms with van der Waals surface area (Å²) < 4.78 is 13.4. The molecule has 0 aromatic heterocycles. The molecule has 1 fully saturated rings. The molecule has 0 spiro atoms. The predicted molar refractivity (Wildman–Crippen MR) is 53.0 cm³/mol. The number of carbonyl (C=O) groups excluding carboxylic acids is 2. The van der Waals surface area contributed by atoms with E-state index >= 15 is 0 Å². The van der Waals surface area contributed by atoms with Gasteiger partial charge < -0.3 is 4.90 Å². The second-order valence-electron chi connectivity index (χ2n) is 3.46. The summed E-state index contributed by atoms with van der Waals surface area (Å²) in [4.78, 5) is 23.8. The molecule has 1 aliphatic rings. The SMILES string of the molecule is O=C1CCN(c2ccccc2F)C(=O)C1. The molecule has 0 radical (unpaired) electrons. The maximum absolute atomic E-state index is 13.4. The second-order valence-corrected chi connectivity index (χ2v) is 3.46. The Balaban J connectivity index is 2.28. The van der Waals surface area contributed by atoms with Crippen LogP contribution in [-0.4, -0.2) is 18.2 Å². The molecule has 4 heteroatoms. The highest BCUT2D eigenvalue weighted by Gasteiger charge is 2.26. The van der Waals surface area contributed by atoms with Gasteiger partial charge >= 0.3 is 0 Å². The number of rotatable bonds is 1. The fraction of sp³-hybridized carbons (Fsp3) is 0.273. The molecule has 0 bridgehead atoms. The number of amides is 1. The number of halogens is 1. The Kier molecular flexibility index (Phi) is 2.49. The maximum Gasteiger partial charge on any atom is 0.234 e. The van der Waals surface area contributed by atoms with Gasteiger partial charge in [-0.1, -0.05) is 12.1 Å². The van der Waals surface area contributed by atoms with E-state index in [4.69, 9.17) is 0 Å². The number of piperidine rings is 1. The van der Waals surface area contributed by atoms with Crippen LogP contribution < -0.4 is 4.90 Å². The molecular weight excluding hydrogens is 197 g/mol. The standard InChI is InChI=1S/C11H10FNO2/c12-9-3-1-2-4-10(9)13-6-5-8(14)7-11(13)15/h1-4H,5-7H2. The Morgan fingerprint density at radius 1 is 1.20 bits per heavy atom. The Labute approximate surface area is 86.5 Å². The number of nitrogens with zero attached hydrogens (tertiary/aromatic N) is 1. The summed E-state index contributed by atoms with van der Waals surface area (Å²) in [7, 11) is 0. The zero-order valence-electron chi connectivity index (χ0n) is 8.07. The highest BCUT2D eigenvalue weighted by Crippen LogP contribution is 2.22. The van der Waals surface area contributed by atoms with Crippen molar-refractivity contribution in [3.63, 3.8) is 0 Å². The van der Waals surface area contributed by atoms with E-state index in [1.165, 1.54) is 11.0 Å². The van der Waals surface area contributed by atoms with Gasteiger partial charge in [0, 0.05) is 13.0 Å². The van der Waals surface area contributed by atoms with Gasteiger partial charge in [0.1, 0.15) is 11.6 Å². The number of ketones is 1. The quantitative estimate of drug-likeness (QED) is 0.655. The molecule has 0 unspecified atom stereocenters. The summed E-state index contributed by atoms with van der Waals surface area (Å²) >= 11 is 0. The molecule has 0 aliphatic carbocycles. The summed E-state index contributed by atoms with van der Waals surface area (Å²) in [5.41, 5.74) is 0.259. The topological polar surface area (TPSA) is 37.4 Å². The zero-order chi connectivity index (χ0) is 10.8. The first-order chi connectivity index (χ1) is 7.18. The first-order valence-corrected chi connectivity index (χ1v) is 4.75. The summed E-state index contributed by atoms with van der Waals surface area (Å²) in [6.07, 6.45) is 0.189. The van der Waals surface area contributed by atoms with E-state index < -0.39 is 5.82 Å². The van der Waals surface area contributed by atoms with Crippen molar-refractivity contribution >= 4 is 17.4 Å². The van der Waals surface area contributed by atoms with E-state index in [9.17, 15) is 14.0 Å². The molecule has 78 valence electrons. The molecule has 0 N–H and O–H groups in total. The van der Waals surface area contributed by atoms with Crippen LogP contribution in [0.4, 0.5) is 10.1 Å². The van der Waals surface area contributed by atoms with Crippen LogP contribution in [0, 0.1) is 5.82 Å². The van der Waals surface area contributed by atoms with Gasteiger partial charge in [-0.3, -0.25) is 9.59 Å². The third-order valence-corrected chi connectivity index (χ3v) is 2.41. The minimum Gasteiger partial charge on any atom is -0.309 e. The van der Waals surface area contributed by atoms with Crippen molar-refractivity contribution < 1.29 is 14.0 Å². The maximum atomic E-state index is 13.4. The van der Waals surface area contributed by atoms with Crippen molar-refractivity contribution in [2.45, 2.75) is 12.8 Å². The van der Waals surface area contributed by atoms with Crippen LogP contribution in [0.1, 0.15) is 12.8 Å². The number of para-hydroxylation sites is 1.